The number of rotatable bonds is 17. The molecule has 3 saturated heterocycles. The molecule has 4 heterocycles. The largest absolute Gasteiger partial charge is 0.390 e. The lowest BCUT2D eigenvalue weighted by atomic mass is 9.77. The Balaban J connectivity index is 1.36. The van der Waals surface area contributed by atoms with Gasteiger partial charge >= 0.3 is 0 Å². The van der Waals surface area contributed by atoms with Crippen LogP contribution in [0.1, 0.15) is 93.7 Å². The van der Waals surface area contributed by atoms with E-state index >= 15 is 0 Å². The fraction of sp³-hybridized carbons (Fsp3) is 0.902. The number of amides is 2. The van der Waals surface area contributed by atoms with Gasteiger partial charge in [-0.15, -0.1) is 5.10 Å². The quantitative estimate of drug-likeness (QED) is 0.100. The molecule has 344 valence electrons. The SMILES string of the molecule is CCC1O[C@@H](O[C@H]2C(C)C[C@@H](C)C(O)[C@H]2O[C@@H]2O[C@H](Cn3cc(CC(C)C(=O)NC(CC(C)C)C(N)=O)nn3)[C@H](O[C@H]3O[C@@H](CC)[C@@H](O)C(O)C3C)C2O)C(C)[C@@H](O)[C@H]1O. The number of ether oxygens (including phenoxy) is 6. The molecule has 0 bridgehead atoms. The van der Waals surface area contributed by atoms with Crippen molar-refractivity contribution in [2.24, 2.45) is 41.2 Å². The zero-order chi connectivity index (χ0) is 44.3. The molecule has 1 saturated carbocycles. The predicted molar refractivity (Wildman–Crippen MR) is 212 cm³/mol. The predicted octanol–water partition coefficient (Wildman–Crippen LogP) is -0.263. The first-order valence-corrected chi connectivity index (χ1v) is 21.8. The van der Waals surface area contributed by atoms with Gasteiger partial charge in [-0.25, -0.2) is 4.68 Å². The summed E-state index contributed by atoms with van der Waals surface area (Å²) in [6.07, 6.45) is -12.0. The first-order chi connectivity index (χ1) is 28.2. The summed E-state index contributed by atoms with van der Waals surface area (Å²) >= 11 is 0. The molecule has 1 aliphatic carbocycles. The molecule has 0 spiro atoms. The van der Waals surface area contributed by atoms with Crippen LogP contribution in [0.4, 0.5) is 0 Å². The van der Waals surface area contributed by atoms with Crippen LogP contribution in [0.15, 0.2) is 6.20 Å². The molecular weight excluding hydrogens is 786 g/mol. The topological polar surface area (TPSA) is 280 Å². The summed E-state index contributed by atoms with van der Waals surface area (Å²) in [5.74, 6) is -3.11. The minimum Gasteiger partial charge on any atom is -0.390 e. The Kier molecular flexibility index (Phi) is 16.9. The zero-order valence-corrected chi connectivity index (χ0v) is 36.4. The van der Waals surface area contributed by atoms with Crippen LogP contribution in [0.25, 0.3) is 0 Å². The summed E-state index contributed by atoms with van der Waals surface area (Å²) in [4.78, 5) is 25.0. The number of aliphatic hydroxyl groups excluding tert-OH is 6. The monoisotopic (exact) mass is 857 g/mol. The molecule has 60 heavy (non-hydrogen) atoms. The maximum Gasteiger partial charge on any atom is 0.240 e. The minimum absolute atomic E-state index is 0.0111. The summed E-state index contributed by atoms with van der Waals surface area (Å²) in [5.41, 5.74) is 6.01. The van der Waals surface area contributed by atoms with Gasteiger partial charge in [-0.05, 0) is 43.4 Å². The first kappa shape index (κ1) is 48.6. The molecule has 19 nitrogen and oxygen atoms in total. The minimum atomic E-state index is -1.46. The number of carbonyl (C=O) groups excluding carboxylic acids is 2. The molecule has 9 unspecified atom stereocenters. The number of nitrogens with two attached hydrogens (primary N) is 1. The molecule has 5 rings (SSSR count). The molecule has 3 aliphatic heterocycles. The number of aromatic nitrogens is 3. The standard InChI is InChI=1S/C41H71N5O14/c1-10-25-31(50)29(48)21(8)39(55-25)58-34-19(6)13-18(5)28(47)36(34)60-41-33(52)35(59-40-22(9)30(49)32(51)26(11-2)56-40)27(57-41)16-46-15-23(44-45-46)14-20(7)38(54)43-24(37(42)53)12-17(3)4/h15,17-22,24-36,39-41,47-52H,10-14,16H2,1-9H3,(H2,42,53)(H,43,54)/t18-,19?,20?,21?,22?,24?,25?,26+,27-,28?,29-,30?,31+,32-,33?,34+,35+,36-,39+,40-,41+/m1/s1. The highest BCUT2D eigenvalue weighted by Crippen LogP contribution is 2.40. The Bertz CT molecular complexity index is 1540. The van der Waals surface area contributed by atoms with Crippen LogP contribution in [0, 0.1) is 35.5 Å². The van der Waals surface area contributed by atoms with Crippen LogP contribution in [-0.4, -0.2) is 156 Å². The van der Waals surface area contributed by atoms with Crippen LogP contribution < -0.4 is 11.1 Å². The normalized spacial score (nSPS) is 42.2. The summed E-state index contributed by atoms with van der Waals surface area (Å²) in [7, 11) is 0. The number of hydrogen-bond acceptors (Lipinski definition) is 16. The second-order valence-electron chi connectivity index (χ2n) is 18.2. The van der Waals surface area contributed by atoms with Crippen molar-refractivity contribution in [1.29, 1.82) is 0 Å². The van der Waals surface area contributed by atoms with Crippen LogP contribution in [0.2, 0.25) is 0 Å². The molecule has 1 aromatic heterocycles. The highest BCUT2D eigenvalue weighted by atomic mass is 16.8. The van der Waals surface area contributed by atoms with Crippen molar-refractivity contribution in [3.8, 4) is 0 Å². The Morgan fingerprint density at radius 2 is 1.30 bits per heavy atom. The van der Waals surface area contributed by atoms with E-state index < -0.39 is 122 Å². The van der Waals surface area contributed by atoms with Gasteiger partial charge in [0.15, 0.2) is 18.9 Å². The molecule has 21 atom stereocenters. The molecule has 2 amide bonds. The third kappa shape index (κ3) is 11.0. The van der Waals surface area contributed by atoms with Gasteiger partial charge in [0.25, 0.3) is 0 Å². The van der Waals surface area contributed by atoms with Gasteiger partial charge in [0, 0.05) is 30.4 Å². The molecule has 9 N–H and O–H groups in total. The maximum absolute atomic E-state index is 13.0. The zero-order valence-electron chi connectivity index (χ0n) is 36.4. The molecule has 4 aliphatic rings. The van der Waals surface area contributed by atoms with Crippen molar-refractivity contribution in [3.05, 3.63) is 11.9 Å². The van der Waals surface area contributed by atoms with Gasteiger partial charge in [-0.1, -0.05) is 67.5 Å². The molecule has 4 fully saturated rings. The lowest BCUT2D eigenvalue weighted by molar-refractivity contribution is -0.325. The number of carbonyl (C=O) groups is 2. The summed E-state index contributed by atoms with van der Waals surface area (Å²) in [5, 5.41) is 77.8. The molecule has 0 aromatic carbocycles. The highest BCUT2D eigenvalue weighted by molar-refractivity contribution is 5.87. The van der Waals surface area contributed by atoms with E-state index in [1.165, 1.54) is 4.68 Å². The third-order valence-corrected chi connectivity index (χ3v) is 12.8. The van der Waals surface area contributed by atoms with Gasteiger partial charge < -0.3 is 70.1 Å². The first-order valence-electron chi connectivity index (χ1n) is 21.8. The number of hydrogen-bond donors (Lipinski definition) is 8. The van der Waals surface area contributed by atoms with E-state index in [1.807, 2.05) is 41.5 Å². The van der Waals surface area contributed by atoms with Crippen LogP contribution in [-0.2, 0) is 51.0 Å². The smallest absolute Gasteiger partial charge is 0.240 e. The molecule has 0 radical (unpaired) electrons. The second-order valence-corrected chi connectivity index (χ2v) is 18.2. The van der Waals surface area contributed by atoms with Crippen LogP contribution in [0.5, 0.6) is 0 Å². The van der Waals surface area contributed by atoms with E-state index in [2.05, 4.69) is 15.6 Å². The third-order valence-electron chi connectivity index (χ3n) is 12.8. The fourth-order valence-electron chi connectivity index (χ4n) is 8.94. The van der Waals surface area contributed by atoms with Crippen molar-refractivity contribution in [3.63, 3.8) is 0 Å². The van der Waals surface area contributed by atoms with Gasteiger partial charge in [0.1, 0.15) is 42.7 Å². The molecule has 19 heteroatoms. The van der Waals surface area contributed by atoms with Gasteiger partial charge in [-0.2, -0.15) is 0 Å². The van der Waals surface area contributed by atoms with Crippen molar-refractivity contribution < 1.29 is 68.6 Å². The Morgan fingerprint density at radius 1 is 0.767 bits per heavy atom. The summed E-state index contributed by atoms with van der Waals surface area (Å²) < 4.78 is 39.6. The Morgan fingerprint density at radius 3 is 1.83 bits per heavy atom. The number of aliphatic hydroxyl groups is 6. The summed E-state index contributed by atoms with van der Waals surface area (Å²) in [6.45, 7) is 16.4. The Labute approximate surface area is 352 Å². The van der Waals surface area contributed by atoms with E-state index in [-0.39, 0.29) is 36.6 Å². The van der Waals surface area contributed by atoms with E-state index in [0.717, 1.165) is 0 Å². The van der Waals surface area contributed by atoms with Gasteiger partial charge in [0.05, 0.1) is 48.9 Å². The van der Waals surface area contributed by atoms with Crippen LogP contribution >= 0.6 is 0 Å². The van der Waals surface area contributed by atoms with E-state index in [4.69, 9.17) is 34.2 Å². The van der Waals surface area contributed by atoms with Crippen molar-refractivity contribution in [2.45, 2.75) is 199 Å². The summed E-state index contributed by atoms with van der Waals surface area (Å²) in [6, 6.07) is -0.802. The van der Waals surface area contributed by atoms with Gasteiger partial charge in [0.2, 0.25) is 11.8 Å². The van der Waals surface area contributed by atoms with E-state index in [9.17, 15) is 40.2 Å². The Hall–Kier alpha value is -2.40. The fourth-order valence-corrected chi connectivity index (χ4v) is 8.94. The number of nitrogens with zero attached hydrogens (tertiary/aromatic N) is 3. The second kappa shape index (κ2) is 20.9. The maximum atomic E-state index is 13.0. The lowest BCUT2D eigenvalue weighted by Gasteiger charge is -2.47. The van der Waals surface area contributed by atoms with E-state index in [1.54, 1.807) is 27.0 Å². The lowest BCUT2D eigenvalue weighted by Crippen LogP contribution is -2.59. The van der Waals surface area contributed by atoms with Gasteiger partial charge in [-0.3, -0.25) is 9.59 Å². The molecule has 1 aromatic rings. The van der Waals surface area contributed by atoms with Crippen molar-refractivity contribution in [1.82, 2.24) is 20.3 Å². The van der Waals surface area contributed by atoms with Crippen molar-refractivity contribution >= 4 is 11.8 Å². The van der Waals surface area contributed by atoms with Crippen LogP contribution in [0.3, 0.4) is 0 Å². The molecular formula is C41H71N5O14. The number of primary amides is 1. The number of nitrogens with one attached hydrogen (secondary N) is 1. The average molecular weight is 858 g/mol. The van der Waals surface area contributed by atoms with E-state index in [0.29, 0.717) is 31.4 Å². The average Bonchev–Trinajstić information content (AvgIpc) is 3.76. The highest BCUT2D eigenvalue weighted by Gasteiger charge is 2.54. The van der Waals surface area contributed by atoms with Crippen molar-refractivity contribution in [2.75, 3.05) is 0 Å².